The molecular weight excluding hydrogens is 550 g/mol. The second-order valence-corrected chi connectivity index (χ2v) is 11.7. The third-order valence-corrected chi connectivity index (χ3v) is 8.56. The molecule has 3 aromatic carbocycles. The summed E-state index contributed by atoms with van der Waals surface area (Å²) < 4.78 is 34.4. The number of anilines is 1. The number of amides is 2. The summed E-state index contributed by atoms with van der Waals surface area (Å²) in [5.74, 6) is -0.238. The van der Waals surface area contributed by atoms with E-state index in [9.17, 15) is 18.0 Å². The van der Waals surface area contributed by atoms with Gasteiger partial charge in [0.05, 0.1) is 17.7 Å². The lowest BCUT2D eigenvalue weighted by Gasteiger charge is -2.33. The molecule has 214 valence electrons. The minimum atomic E-state index is -4.18. The number of hydrogen-bond acceptors (Lipinski definition) is 5. The quantitative estimate of drug-likeness (QED) is 0.319. The number of carbonyl (C=O) groups excluding carboxylic acids is 2. The van der Waals surface area contributed by atoms with Crippen molar-refractivity contribution in [1.82, 2.24) is 10.2 Å². The van der Waals surface area contributed by atoms with Gasteiger partial charge < -0.3 is 15.0 Å². The minimum Gasteiger partial charge on any atom is -0.497 e. The second kappa shape index (κ2) is 13.7. The van der Waals surface area contributed by atoms with Gasteiger partial charge in [-0.25, -0.2) is 8.42 Å². The van der Waals surface area contributed by atoms with E-state index in [4.69, 9.17) is 16.3 Å². The van der Waals surface area contributed by atoms with E-state index in [0.717, 1.165) is 15.4 Å². The second-order valence-electron chi connectivity index (χ2n) is 9.45. The van der Waals surface area contributed by atoms with Crippen molar-refractivity contribution in [2.45, 2.75) is 51.6 Å². The van der Waals surface area contributed by atoms with Gasteiger partial charge in [0.15, 0.2) is 0 Å². The number of carbonyl (C=O) groups is 2. The summed E-state index contributed by atoms with van der Waals surface area (Å²) in [6.45, 7) is 7.18. The molecule has 0 saturated carbocycles. The van der Waals surface area contributed by atoms with Crippen LogP contribution in [0.4, 0.5) is 5.69 Å². The molecule has 0 bridgehead atoms. The smallest absolute Gasteiger partial charge is 0.264 e. The summed E-state index contributed by atoms with van der Waals surface area (Å²) in [5.41, 5.74) is 2.55. The molecule has 0 spiro atoms. The Kier molecular flexibility index (Phi) is 10.6. The van der Waals surface area contributed by atoms with Crippen molar-refractivity contribution in [1.29, 1.82) is 0 Å². The molecule has 8 nitrogen and oxygen atoms in total. The van der Waals surface area contributed by atoms with E-state index < -0.39 is 28.5 Å². The van der Waals surface area contributed by atoms with E-state index in [-0.39, 0.29) is 23.0 Å². The number of benzene rings is 3. The highest BCUT2D eigenvalue weighted by molar-refractivity contribution is 7.92. The maximum atomic E-state index is 14.1. The number of nitrogens with one attached hydrogen (secondary N) is 1. The van der Waals surface area contributed by atoms with E-state index >= 15 is 0 Å². The fourth-order valence-corrected chi connectivity index (χ4v) is 6.02. The van der Waals surface area contributed by atoms with Crippen LogP contribution in [0.15, 0.2) is 71.6 Å². The van der Waals surface area contributed by atoms with Crippen molar-refractivity contribution in [3.63, 3.8) is 0 Å². The number of sulfonamides is 1. The van der Waals surface area contributed by atoms with Crippen LogP contribution >= 0.6 is 11.6 Å². The Hall–Kier alpha value is -3.56. The van der Waals surface area contributed by atoms with E-state index in [1.807, 2.05) is 19.9 Å². The van der Waals surface area contributed by atoms with Gasteiger partial charge in [0.2, 0.25) is 11.8 Å². The Morgan fingerprint density at radius 3 is 2.33 bits per heavy atom. The van der Waals surface area contributed by atoms with E-state index in [1.165, 1.54) is 23.1 Å². The number of halogens is 1. The molecule has 3 aromatic rings. The Morgan fingerprint density at radius 1 is 1.00 bits per heavy atom. The summed E-state index contributed by atoms with van der Waals surface area (Å²) in [6.07, 6.45) is 0.336. The highest BCUT2D eigenvalue weighted by atomic mass is 35.5. The highest BCUT2D eigenvalue weighted by Gasteiger charge is 2.34. The van der Waals surface area contributed by atoms with Crippen LogP contribution in [0.1, 0.15) is 37.0 Å². The van der Waals surface area contributed by atoms with Crippen LogP contribution in [-0.2, 0) is 26.2 Å². The highest BCUT2D eigenvalue weighted by Crippen LogP contribution is 2.30. The standard InChI is InChI=1S/C30H36ClN3O5S/c1-6-27(30(36)32-7-2)33(19-23-9-8-10-25(17-23)39-5)29(35)20-34(28-18-24(31)14-13-22(28)4)40(37,38)26-15-11-21(3)12-16-26/h8-18,27H,6-7,19-20H2,1-5H3,(H,32,36)/t27-/m1/s1. The number of aryl methyl sites for hydroxylation is 2. The molecule has 1 N–H and O–H groups in total. The zero-order valence-electron chi connectivity index (χ0n) is 23.5. The summed E-state index contributed by atoms with van der Waals surface area (Å²) in [5, 5.41) is 3.13. The predicted octanol–water partition coefficient (Wildman–Crippen LogP) is 5.10. The van der Waals surface area contributed by atoms with Crippen molar-refractivity contribution in [2.24, 2.45) is 0 Å². The van der Waals surface area contributed by atoms with Crippen LogP contribution < -0.4 is 14.4 Å². The van der Waals surface area contributed by atoms with Gasteiger partial charge in [-0.15, -0.1) is 0 Å². The molecule has 0 aromatic heterocycles. The lowest BCUT2D eigenvalue weighted by molar-refractivity contribution is -0.140. The maximum absolute atomic E-state index is 14.1. The Bertz CT molecular complexity index is 1440. The zero-order valence-corrected chi connectivity index (χ0v) is 25.1. The van der Waals surface area contributed by atoms with Crippen LogP contribution in [0.2, 0.25) is 5.02 Å². The van der Waals surface area contributed by atoms with E-state index in [1.54, 1.807) is 63.4 Å². The molecule has 0 heterocycles. The zero-order chi connectivity index (χ0) is 29.4. The lowest BCUT2D eigenvalue weighted by Crippen LogP contribution is -2.52. The molecule has 0 unspecified atom stereocenters. The molecule has 0 aliphatic heterocycles. The topological polar surface area (TPSA) is 96.0 Å². The van der Waals surface area contributed by atoms with Gasteiger partial charge in [-0.1, -0.05) is 54.4 Å². The summed E-state index contributed by atoms with van der Waals surface area (Å²) in [4.78, 5) is 28.6. The number of ether oxygens (including phenoxy) is 1. The van der Waals surface area contributed by atoms with Crippen molar-refractivity contribution in [3.05, 3.63) is 88.4 Å². The average molecular weight is 586 g/mol. The number of hydrogen-bond donors (Lipinski definition) is 1. The number of nitrogens with zero attached hydrogens (tertiary/aromatic N) is 2. The van der Waals surface area contributed by atoms with Gasteiger partial charge in [-0.05, 0) is 74.7 Å². The number of rotatable bonds is 12. The molecule has 0 aliphatic carbocycles. The lowest BCUT2D eigenvalue weighted by atomic mass is 10.1. The molecule has 1 atom stereocenters. The Balaban J connectivity index is 2.11. The fourth-order valence-electron chi connectivity index (χ4n) is 4.38. The third-order valence-electron chi connectivity index (χ3n) is 6.55. The first kappa shape index (κ1) is 31.0. The van der Waals surface area contributed by atoms with E-state index in [0.29, 0.717) is 29.3 Å². The molecule has 40 heavy (non-hydrogen) atoms. The summed E-state index contributed by atoms with van der Waals surface area (Å²) in [6, 6.07) is 17.7. The molecule has 0 aliphatic rings. The molecular formula is C30H36ClN3O5S. The van der Waals surface area contributed by atoms with Crippen molar-refractivity contribution in [3.8, 4) is 5.75 Å². The Labute approximate surface area is 241 Å². The molecule has 10 heteroatoms. The van der Waals surface area contributed by atoms with Crippen molar-refractivity contribution >= 4 is 39.1 Å². The van der Waals surface area contributed by atoms with Gasteiger partial charge in [-0.2, -0.15) is 0 Å². The minimum absolute atomic E-state index is 0.0420. The largest absolute Gasteiger partial charge is 0.497 e. The average Bonchev–Trinajstić information content (AvgIpc) is 2.93. The molecule has 0 radical (unpaired) electrons. The maximum Gasteiger partial charge on any atom is 0.264 e. The van der Waals surface area contributed by atoms with Gasteiger partial charge >= 0.3 is 0 Å². The molecule has 0 fully saturated rings. The van der Waals surface area contributed by atoms with Crippen LogP contribution in [0.3, 0.4) is 0 Å². The fraction of sp³-hybridized carbons (Fsp3) is 0.333. The first-order chi connectivity index (χ1) is 19.0. The Morgan fingerprint density at radius 2 is 1.70 bits per heavy atom. The normalized spacial score (nSPS) is 11.9. The third kappa shape index (κ3) is 7.34. The number of likely N-dealkylation sites (N-methyl/N-ethyl adjacent to an activating group) is 1. The predicted molar refractivity (Wildman–Crippen MR) is 158 cm³/mol. The first-order valence-corrected chi connectivity index (χ1v) is 14.9. The van der Waals surface area contributed by atoms with Crippen LogP contribution in [0.25, 0.3) is 0 Å². The van der Waals surface area contributed by atoms with Gasteiger partial charge in [0.1, 0.15) is 18.3 Å². The monoisotopic (exact) mass is 585 g/mol. The van der Waals surface area contributed by atoms with Crippen molar-refractivity contribution in [2.75, 3.05) is 24.5 Å². The molecule has 0 saturated heterocycles. The van der Waals surface area contributed by atoms with Crippen LogP contribution in [0, 0.1) is 13.8 Å². The number of methoxy groups -OCH3 is 1. The van der Waals surface area contributed by atoms with Gasteiger partial charge in [0.25, 0.3) is 10.0 Å². The van der Waals surface area contributed by atoms with Crippen LogP contribution in [-0.4, -0.2) is 51.4 Å². The summed E-state index contributed by atoms with van der Waals surface area (Å²) in [7, 11) is -2.63. The van der Waals surface area contributed by atoms with Gasteiger partial charge in [-0.3, -0.25) is 13.9 Å². The van der Waals surface area contributed by atoms with Gasteiger partial charge in [0, 0.05) is 18.1 Å². The van der Waals surface area contributed by atoms with Crippen LogP contribution in [0.5, 0.6) is 5.75 Å². The molecule has 3 rings (SSSR count). The summed E-state index contributed by atoms with van der Waals surface area (Å²) >= 11 is 6.28. The molecule has 2 amide bonds. The SMILES string of the molecule is CCNC(=O)[C@@H](CC)N(Cc1cccc(OC)c1)C(=O)CN(c1cc(Cl)ccc1C)S(=O)(=O)c1ccc(C)cc1. The van der Waals surface area contributed by atoms with E-state index in [2.05, 4.69) is 5.32 Å². The first-order valence-electron chi connectivity index (χ1n) is 13.1. The van der Waals surface area contributed by atoms with Crippen molar-refractivity contribution < 1.29 is 22.7 Å².